The quantitative estimate of drug-likeness (QED) is 0.435. The van der Waals surface area contributed by atoms with Crippen LogP contribution >= 0.6 is 0 Å². The smallest absolute Gasteiger partial charge is 0.338 e. The van der Waals surface area contributed by atoms with Crippen molar-refractivity contribution in [3.8, 4) is 0 Å². The van der Waals surface area contributed by atoms with Crippen LogP contribution in [-0.4, -0.2) is 37.4 Å². The molecule has 0 radical (unpaired) electrons. The van der Waals surface area contributed by atoms with Crippen molar-refractivity contribution in [1.82, 2.24) is 4.98 Å². The van der Waals surface area contributed by atoms with Crippen LogP contribution in [0.4, 0.5) is 0 Å². The highest BCUT2D eigenvalue weighted by Crippen LogP contribution is 2.23. The van der Waals surface area contributed by atoms with Crippen LogP contribution in [0.15, 0.2) is 42.6 Å². The fraction of sp³-hybridized carbons (Fsp3) is 0.455. The normalized spacial score (nSPS) is 12.0. The summed E-state index contributed by atoms with van der Waals surface area (Å²) in [4.78, 5) is 16.3. The Bertz CT molecular complexity index is 703. The van der Waals surface area contributed by atoms with Gasteiger partial charge in [0.15, 0.2) is 0 Å². The monoisotopic (exact) mass is 371 g/mol. The molecule has 0 aliphatic heterocycles. The van der Waals surface area contributed by atoms with Crippen LogP contribution in [0.3, 0.4) is 0 Å². The molecule has 1 unspecified atom stereocenters. The zero-order valence-electron chi connectivity index (χ0n) is 16.4. The number of ether oxygens (including phenoxy) is 3. The molecular weight excluding hydrogens is 342 g/mol. The molecule has 0 aliphatic rings. The molecule has 1 atom stereocenters. The Kier molecular flexibility index (Phi) is 8.95. The van der Waals surface area contributed by atoms with Crippen LogP contribution in [0, 0.1) is 6.92 Å². The number of aromatic nitrogens is 1. The second-order valence-electron chi connectivity index (χ2n) is 6.50. The lowest BCUT2D eigenvalue weighted by atomic mass is 9.93. The summed E-state index contributed by atoms with van der Waals surface area (Å²) in [5.41, 5.74) is 3.88. The van der Waals surface area contributed by atoms with Crippen LogP contribution in [0.5, 0.6) is 0 Å². The van der Waals surface area contributed by atoms with Gasteiger partial charge in [0.2, 0.25) is 0 Å². The van der Waals surface area contributed by atoms with Gasteiger partial charge in [-0.2, -0.15) is 0 Å². The molecule has 5 heteroatoms. The first-order valence-corrected chi connectivity index (χ1v) is 9.45. The molecule has 2 aromatic rings. The summed E-state index contributed by atoms with van der Waals surface area (Å²) in [6.45, 7) is 8.35. The second kappa shape index (κ2) is 11.5. The highest BCUT2D eigenvalue weighted by atomic mass is 16.6. The minimum absolute atomic E-state index is 0.227. The molecule has 1 aromatic carbocycles. The summed E-state index contributed by atoms with van der Waals surface area (Å²) in [5, 5.41) is 0. The molecule has 0 amide bonds. The van der Waals surface area contributed by atoms with Crippen molar-refractivity contribution in [3.63, 3.8) is 0 Å². The van der Waals surface area contributed by atoms with Crippen molar-refractivity contribution in [3.05, 3.63) is 65.0 Å². The van der Waals surface area contributed by atoms with E-state index in [4.69, 9.17) is 14.2 Å². The summed E-state index contributed by atoms with van der Waals surface area (Å²) >= 11 is 0. The van der Waals surface area contributed by atoms with E-state index in [1.807, 2.05) is 43.3 Å². The van der Waals surface area contributed by atoms with Crippen LogP contribution in [0.25, 0.3) is 0 Å². The van der Waals surface area contributed by atoms with Crippen LogP contribution < -0.4 is 0 Å². The summed E-state index contributed by atoms with van der Waals surface area (Å²) in [5.74, 6) is 0.173. The maximum Gasteiger partial charge on any atom is 0.338 e. The predicted octanol–water partition coefficient (Wildman–Crippen LogP) is 4.29. The standard InChI is InChI=1S/C22H29NO4/c1-4-17(2)21-9-8-19(15-18(21)3)22(24)27-14-13-25-11-12-26-16-20-7-5-6-10-23-20/h5-10,15,17H,4,11-14,16H2,1-3H3. The van der Waals surface area contributed by atoms with E-state index in [1.165, 1.54) is 5.56 Å². The molecule has 0 bridgehead atoms. The lowest BCUT2D eigenvalue weighted by molar-refractivity contribution is 0.0112. The molecule has 0 spiro atoms. The first kappa shape index (κ1) is 21.1. The fourth-order valence-electron chi connectivity index (χ4n) is 2.73. The molecule has 27 heavy (non-hydrogen) atoms. The molecule has 1 aromatic heterocycles. The van der Waals surface area contributed by atoms with E-state index in [2.05, 4.69) is 18.8 Å². The topological polar surface area (TPSA) is 57.7 Å². The first-order valence-electron chi connectivity index (χ1n) is 9.45. The fourth-order valence-corrected chi connectivity index (χ4v) is 2.73. The molecule has 0 aliphatic carbocycles. The number of nitrogens with zero attached hydrogens (tertiary/aromatic N) is 1. The maximum atomic E-state index is 12.1. The zero-order chi connectivity index (χ0) is 19.5. The van der Waals surface area contributed by atoms with E-state index in [0.29, 0.717) is 37.9 Å². The maximum absolute atomic E-state index is 12.1. The summed E-state index contributed by atoms with van der Waals surface area (Å²) in [6, 6.07) is 11.5. The van der Waals surface area contributed by atoms with Crippen molar-refractivity contribution < 1.29 is 19.0 Å². The van der Waals surface area contributed by atoms with Gasteiger partial charge in [0, 0.05) is 6.20 Å². The van der Waals surface area contributed by atoms with E-state index in [0.717, 1.165) is 17.7 Å². The van der Waals surface area contributed by atoms with Gasteiger partial charge in [0.25, 0.3) is 0 Å². The molecule has 5 nitrogen and oxygen atoms in total. The van der Waals surface area contributed by atoms with Crippen molar-refractivity contribution in [1.29, 1.82) is 0 Å². The highest BCUT2D eigenvalue weighted by Gasteiger charge is 2.11. The molecule has 0 saturated heterocycles. The number of carbonyl (C=O) groups is 1. The van der Waals surface area contributed by atoms with Crippen LogP contribution in [0.1, 0.15) is 53.4 Å². The number of rotatable bonds is 11. The molecule has 2 rings (SSSR count). The lowest BCUT2D eigenvalue weighted by Crippen LogP contribution is -2.13. The average Bonchev–Trinajstić information content (AvgIpc) is 2.70. The minimum atomic E-state index is -0.316. The third-order valence-corrected chi connectivity index (χ3v) is 4.46. The second-order valence-corrected chi connectivity index (χ2v) is 6.50. The molecule has 0 fully saturated rings. The van der Waals surface area contributed by atoms with E-state index in [9.17, 15) is 4.79 Å². The highest BCUT2D eigenvalue weighted by molar-refractivity contribution is 5.89. The van der Waals surface area contributed by atoms with Crippen LogP contribution in [-0.2, 0) is 20.8 Å². The molecule has 0 saturated carbocycles. The predicted molar refractivity (Wildman–Crippen MR) is 105 cm³/mol. The van der Waals surface area contributed by atoms with Gasteiger partial charge in [-0.1, -0.05) is 26.0 Å². The lowest BCUT2D eigenvalue weighted by Gasteiger charge is -2.13. The largest absolute Gasteiger partial charge is 0.460 e. The number of aryl methyl sites for hydroxylation is 1. The Morgan fingerprint density at radius 1 is 1.07 bits per heavy atom. The van der Waals surface area contributed by atoms with Gasteiger partial charge in [0.05, 0.1) is 37.7 Å². The third kappa shape index (κ3) is 7.12. The van der Waals surface area contributed by atoms with Gasteiger partial charge >= 0.3 is 5.97 Å². The number of esters is 1. The summed E-state index contributed by atoms with van der Waals surface area (Å²) in [7, 11) is 0. The Balaban J connectivity index is 1.60. The van der Waals surface area contributed by atoms with E-state index in [1.54, 1.807) is 6.20 Å². The number of carbonyl (C=O) groups excluding carboxylic acids is 1. The van der Waals surface area contributed by atoms with Gasteiger partial charge < -0.3 is 14.2 Å². The Labute approximate surface area is 161 Å². The molecule has 146 valence electrons. The summed E-state index contributed by atoms with van der Waals surface area (Å²) in [6.07, 6.45) is 2.82. The van der Waals surface area contributed by atoms with Gasteiger partial charge in [-0.05, 0) is 54.7 Å². The van der Waals surface area contributed by atoms with Crippen molar-refractivity contribution in [2.24, 2.45) is 0 Å². The molecular formula is C22H29NO4. The first-order chi connectivity index (χ1) is 13.1. The SMILES string of the molecule is CCC(C)c1ccc(C(=O)OCCOCCOCc2ccccn2)cc1C. The number of benzene rings is 1. The Hall–Kier alpha value is -2.24. The molecule has 1 heterocycles. The minimum Gasteiger partial charge on any atom is -0.460 e. The van der Waals surface area contributed by atoms with Crippen LogP contribution in [0.2, 0.25) is 0 Å². The van der Waals surface area contributed by atoms with Gasteiger partial charge in [-0.15, -0.1) is 0 Å². The van der Waals surface area contributed by atoms with Crippen molar-refractivity contribution in [2.45, 2.75) is 39.7 Å². The number of hydrogen-bond acceptors (Lipinski definition) is 5. The van der Waals surface area contributed by atoms with Crippen molar-refractivity contribution in [2.75, 3.05) is 26.4 Å². The third-order valence-electron chi connectivity index (χ3n) is 4.46. The Morgan fingerprint density at radius 2 is 1.85 bits per heavy atom. The molecule has 0 N–H and O–H groups in total. The van der Waals surface area contributed by atoms with E-state index in [-0.39, 0.29) is 12.6 Å². The van der Waals surface area contributed by atoms with Gasteiger partial charge in [-0.3, -0.25) is 4.98 Å². The zero-order valence-corrected chi connectivity index (χ0v) is 16.4. The average molecular weight is 371 g/mol. The van der Waals surface area contributed by atoms with E-state index < -0.39 is 0 Å². The Morgan fingerprint density at radius 3 is 2.56 bits per heavy atom. The summed E-state index contributed by atoms with van der Waals surface area (Å²) < 4.78 is 16.2. The van der Waals surface area contributed by atoms with E-state index >= 15 is 0 Å². The van der Waals surface area contributed by atoms with Crippen molar-refractivity contribution >= 4 is 5.97 Å². The van der Waals surface area contributed by atoms with Gasteiger partial charge in [0.1, 0.15) is 6.61 Å². The number of hydrogen-bond donors (Lipinski definition) is 0. The van der Waals surface area contributed by atoms with Gasteiger partial charge in [-0.25, -0.2) is 4.79 Å². The number of pyridine rings is 1.